The van der Waals surface area contributed by atoms with E-state index in [1.807, 2.05) is 6.07 Å². The molecule has 0 aliphatic heterocycles. The van der Waals surface area contributed by atoms with Crippen molar-refractivity contribution in [1.82, 2.24) is 4.98 Å². The minimum Gasteiger partial charge on any atom is -0.258 e. The standard InChI is InChI=1S/C8H4BrF2IN2/c9-1-6-4(2-13)7(12)5(3-14-6)8(10)11/h3,8H,1H2. The van der Waals surface area contributed by atoms with Gasteiger partial charge in [-0.1, -0.05) is 15.9 Å². The summed E-state index contributed by atoms with van der Waals surface area (Å²) >= 11 is 4.88. The van der Waals surface area contributed by atoms with Crippen molar-refractivity contribution in [1.29, 1.82) is 5.26 Å². The summed E-state index contributed by atoms with van der Waals surface area (Å²) in [7, 11) is 0. The summed E-state index contributed by atoms with van der Waals surface area (Å²) in [6.07, 6.45) is -1.48. The van der Waals surface area contributed by atoms with Gasteiger partial charge in [0.05, 0.1) is 16.8 Å². The Kier molecular flexibility index (Phi) is 4.19. The largest absolute Gasteiger partial charge is 0.266 e. The second kappa shape index (κ2) is 4.98. The van der Waals surface area contributed by atoms with Crippen LogP contribution in [-0.2, 0) is 5.33 Å². The van der Waals surface area contributed by atoms with Crippen LogP contribution in [0.1, 0.15) is 23.2 Å². The maximum Gasteiger partial charge on any atom is 0.266 e. The summed E-state index contributed by atoms with van der Waals surface area (Å²) in [5, 5.41) is 9.16. The van der Waals surface area contributed by atoms with E-state index in [1.54, 1.807) is 22.6 Å². The van der Waals surface area contributed by atoms with Crippen LogP contribution in [0.15, 0.2) is 6.20 Å². The monoisotopic (exact) mass is 372 g/mol. The molecule has 1 aromatic rings. The van der Waals surface area contributed by atoms with E-state index in [4.69, 9.17) is 5.26 Å². The third-order valence-electron chi connectivity index (χ3n) is 1.59. The van der Waals surface area contributed by atoms with Gasteiger partial charge < -0.3 is 0 Å². The van der Waals surface area contributed by atoms with Crippen molar-refractivity contribution in [2.45, 2.75) is 11.8 Å². The maximum atomic E-state index is 12.4. The first-order valence-electron chi connectivity index (χ1n) is 3.53. The van der Waals surface area contributed by atoms with Gasteiger partial charge in [0, 0.05) is 15.1 Å². The van der Waals surface area contributed by atoms with Crippen LogP contribution in [0.3, 0.4) is 0 Å². The van der Waals surface area contributed by atoms with E-state index in [9.17, 15) is 8.78 Å². The Morgan fingerprint density at radius 2 is 2.29 bits per heavy atom. The number of pyridine rings is 1. The van der Waals surface area contributed by atoms with Crippen LogP contribution >= 0.6 is 38.5 Å². The Labute approximate surface area is 102 Å². The van der Waals surface area contributed by atoms with Crippen molar-refractivity contribution in [3.8, 4) is 6.07 Å². The highest BCUT2D eigenvalue weighted by Crippen LogP contribution is 2.27. The lowest BCUT2D eigenvalue weighted by atomic mass is 10.1. The maximum absolute atomic E-state index is 12.4. The van der Waals surface area contributed by atoms with E-state index in [0.29, 0.717) is 11.0 Å². The van der Waals surface area contributed by atoms with Crippen LogP contribution in [0, 0.1) is 14.9 Å². The Morgan fingerprint density at radius 3 is 2.71 bits per heavy atom. The first kappa shape index (κ1) is 11.8. The van der Waals surface area contributed by atoms with Crippen LogP contribution in [0.2, 0.25) is 0 Å². The second-order valence-electron chi connectivity index (χ2n) is 2.40. The van der Waals surface area contributed by atoms with Gasteiger partial charge in [-0.05, 0) is 22.6 Å². The molecule has 0 amide bonds. The Bertz CT molecular complexity index is 390. The van der Waals surface area contributed by atoms with Crippen molar-refractivity contribution in [2.24, 2.45) is 0 Å². The Balaban J connectivity index is 3.37. The molecule has 0 aliphatic rings. The molecule has 6 heteroatoms. The molecule has 0 unspecified atom stereocenters. The third kappa shape index (κ3) is 2.20. The summed E-state index contributed by atoms with van der Waals surface area (Å²) < 4.78 is 25.1. The van der Waals surface area contributed by atoms with Crippen LogP contribution in [0.5, 0.6) is 0 Å². The smallest absolute Gasteiger partial charge is 0.258 e. The van der Waals surface area contributed by atoms with Crippen LogP contribution in [0.4, 0.5) is 8.78 Å². The summed E-state index contributed by atoms with van der Waals surface area (Å²) in [5.41, 5.74) is 0.522. The van der Waals surface area contributed by atoms with Crippen LogP contribution in [-0.4, -0.2) is 4.98 Å². The average molecular weight is 373 g/mol. The van der Waals surface area contributed by atoms with Gasteiger partial charge in [0.15, 0.2) is 0 Å². The number of hydrogen-bond acceptors (Lipinski definition) is 2. The van der Waals surface area contributed by atoms with Crippen LogP contribution < -0.4 is 0 Å². The lowest BCUT2D eigenvalue weighted by Crippen LogP contribution is -2.00. The predicted octanol–water partition coefficient (Wildman–Crippen LogP) is 3.39. The number of alkyl halides is 3. The van der Waals surface area contributed by atoms with E-state index in [2.05, 4.69) is 20.9 Å². The Morgan fingerprint density at radius 1 is 1.64 bits per heavy atom. The lowest BCUT2D eigenvalue weighted by Gasteiger charge is -2.06. The molecule has 0 spiro atoms. The molecule has 0 radical (unpaired) electrons. The SMILES string of the molecule is N#Cc1c(CBr)ncc(C(F)F)c1I. The summed E-state index contributed by atoms with van der Waals surface area (Å²) in [5.74, 6) is 0. The van der Waals surface area contributed by atoms with Crippen molar-refractivity contribution < 1.29 is 8.78 Å². The number of rotatable bonds is 2. The van der Waals surface area contributed by atoms with Crippen LogP contribution in [0.25, 0.3) is 0 Å². The number of halogens is 4. The zero-order valence-corrected chi connectivity index (χ0v) is 10.5. The molecule has 0 atom stereocenters. The van der Waals surface area contributed by atoms with E-state index < -0.39 is 6.43 Å². The quantitative estimate of drug-likeness (QED) is 0.589. The first-order valence-corrected chi connectivity index (χ1v) is 5.73. The molecule has 1 rings (SSSR count). The number of nitriles is 1. The van der Waals surface area contributed by atoms with Gasteiger partial charge >= 0.3 is 0 Å². The summed E-state index contributed by atoms with van der Waals surface area (Å²) in [4.78, 5) is 3.80. The molecular weight excluding hydrogens is 369 g/mol. The van der Waals surface area contributed by atoms with Gasteiger partial charge in [-0.25, -0.2) is 8.78 Å². The van der Waals surface area contributed by atoms with Gasteiger partial charge in [-0.15, -0.1) is 0 Å². The van der Waals surface area contributed by atoms with Crippen molar-refractivity contribution in [3.05, 3.63) is 26.6 Å². The molecule has 0 aromatic carbocycles. The average Bonchev–Trinajstić information content (AvgIpc) is 2.16. The molecule has 14 heavy (non-hydrogen) atoms. The normalized spacial score (nSPS) is 10.3. The second-order valence-corrected chi connectivity index (χ2v) is 4.03. The molecule has 0 aliphatic carbocycles. The molecule has 0 bridgehead atoms. The summed E-state index contributed by atoms with van der Waals surface area (Å²) in [6.45, 7) is 0. The van der Waals surface area contributed by atoms with Gasteiger partial charge in [-0.3, -0.25) is 4.98 Å². The van der Waals surface area contributed by atoms with E-state index >= 15 is 0 Å². The minimum absolute atomic E-state index is 0.188. The minimum atomic E-state index is -2.59. The van der Waals surface area contributed by atoms with Gasteiger partial charge in [0.2, 0.25) is 0 Å². The van der Waals surface area contributed by atoms with Crippen molar-refractivity contribution in [3.63, 3.8) is 0 Å². The molecule has 0 saturated carbocycles. The zero-order valence-electron chi connectivity index (χ0n) is 6.77. The van der Waals surface area contributed by atoms with Gasteiger partial charge in [0.1, 0.15) is 6.07 Å². The van der Waals surface area contributed by atoms with E-state index in [-0.39, 0.29) is 14.7 Å². The number of aromatic nitrogens is 1. The summed E-state index contributed by atoms with van der Waals surface area (Å²) in [6, 6.07) is 1.88. The van der Waals surface area contributed by atoms with Gasteiger partial charge in [-0.2, -0.15) is 5.26 Å². The molecule has 2 nitrogen and oxygen atoms in total. The fourth-order valence-electron chi connectivity index (χ4n) is 0.907. The lowest BCUT2D eigenvalue weighted by molar-refractivity contribution is 0.150. The van der Waals surface area contributed by atoms with Crippen molar-refractivity contribution in [2.75, 3.05) is 0 Å². The van der Waals surface area contributed by atoms with E-state index in [1.165, 1.54) is 0 Å². The molecule has 0 fully saturated rings. The highest BCUT2D eigenvalue weighted by molar-refractivity contribution is 14.1. The van der Waals surface area contributed by atoms with Crippen molar-refractivity contribution >= 4 is 38.5 Å². The number of hydrogen-bond donors (Lipinski definition) is 0. The molecule has 0 saturated heterocycles. The topological polar surface area (TPSA) is 36.7 Å². The van der Waals surface area contributed by atoms with E-state index in [0.717, 1.165) is 6.20 Å². The fraction of sp³-hybridized carbons (Fsp3) is 0.250. The molecule has 1 heterocycles. The third-order valence-corrected chi connectivity index (χ3v) is 3.29. The molecule has 74 valence electrons. The molecular formula is C8H4BrF2IN2. The zero-order chi connectivity index (χ0) is 10.7. The molecule has 1 aromatic heterocycles. The first-order chi connectivity index (χ1) is 6.61. The highest BCUT2D eigenvalue weighted by atomic mass is 127. The molecule has 0 N–H and O–H groups in total. The highest BCUT2D eigenvalue weighted by Gasteiger charge is 2.17. The Hall–Kier alpha value is -0.290. The predicted molar refractivity (Wildman–Crippen MR) is 59.3 cm³/mol. The number of nitrogens with zero attached hydrogens (tertiary/aromatic N) is 2. The van der Waals surface area contributed by atoms with Gasteiger partial charge in [0.25, 0.3) is 6.43 Å². The fourth-order valence-corrected chi connectivity index (χ4v) is 2.14.